The minimum atomic E-state index is -0.552. The Hall–Kier alpha value is -4.62. The summed E-state index contributed by atoms with van der Waals surface area (Å²) in [5.74, 6) is 1.83. The maximum atomic E-state index is 6.78. The molecule has 1 aliphatic heterocycles. The number of hydrogen-bond acceptors (Lipinski definition) is 1. The van der Waals surface area contributed by atoms with Gasteiger partial charge >= 0.3 is 0 Å². The van der Waals surface area contributed by atoms with Gasteiger partial charge in [0, 0.05) is 16.5 Å². The maximum Gasteiger partial charge on any atom is 0.132 e. The molecule has 1 heterocycles. The van der Waals surface area contributed by atoms with E-state index in [1.165, 1.54) is 55.7 Å². The molecule has 198 valence electrons. The smallest absolute Gasteiger partial charge is 0.132 e. The van der Waals surface area contributed by atoms with E-state index in [4.69, 9.17) is 4.74 Å². The van der Waals surface area contributed by atoms with E-state index in [0.29, 0.717) is 0 Å². The maximum absolute atomic E-state index is 6.78. The molecule has 2 aliphatic carbocycles. The zero-order valence-electron chi connectivity index (χ0n) is 23.5. The summed E-state index contributed by atoms with van der Waals surface area (Å²) in [6.07, 6.45) is 6.89. The number of rotatable bonds is 3. The first kappa shape index (κ1) is 24.2. The van der Waals surface area contributed by atoms with Gasteiger partial charge in [-0.1, -0.05) is 135 Å². The van der Waals surface area contributed by atoms with E-state index >= 15 is 0 Å². The predicted octanol–water partition coefficient (Wildman–Crippen LogP) is 10.2. The Morgan fingerprint density at radius 1 is 0.585 bits per heavy atom. The van der Waals surface area contributed by atoms with Gasteiger partial charge in [-0.3, -0.25) is 0 Å². The molecule has 0 N–H and O–H groups in total. The zero-order chi connectivity index (χ0) is 27.6. The van der Waals surface area contributed by atoms with E-state index in [1.54, 1.807) is 0 Å². The molecule has 0 saturated carbocycles. The van der Waals surface area contributed by atoms with Crippen molar-refractivity contribution in [2.24, 2.45) is 0 Å². The molecule has 5 aromatic rings. The van der Waals surface area contributed by atoms with Crippen molar-refractivity contribution in [3.05, 3.63) is 172 Å². The van der Waals surface area contributed by atoms with Crippen molar-refractivity contribution >= 4 is 5.57 Å². The first-order valence-corrected chi connectivity index (χ1v) is 14.7. The highest BCUT2D eigenvalue weighted by Gasteiger charge is 2.47. The van der Waals surface area contributed by atoms with Crippen LogP contribution >= 0.6 is 0 Å². The molecule has 0 saturated heterocycles. The van der Waals surface area contributed by atoms with Gasteiger partial charge in [-0.15, -0.1) is 0 Å². The molecule has 0 radical (unpaired) electrons. The zero-order valence-corrected chi connectivity index (χ0v) is 23.5. The molecule has 0 spiro atoms. The topological polar surface area (TPSA) is 9.23 Å². The summed E-state index contributed by atoms with van der Waals surface area (Å²) in [5.41, 5.74) is 12.6. The Bertz CT molecular complexity index is 1830. The van der Waals surface area contributed by atoms with Crippen molar-refractivity contribution in [3.63, 3.8) is 0 Å². The van der Waals surface area contributed by atoms with Gasteiger partial charge in [0.05, 0.1) is 5.41 Å². The number of para-hydroxylation sites is 1. The highest BCUT2D eigenvalue weighted by molar-refractivity contribution is 5.94. The minimum Gasteiger partial charge on any atom is -0.457 e. The third-order valence-electron chi connectivity index (χ3n) is 9.50. The standard InChI is InChI=1S/C40H32O/c1-39(2)32-22-10-9-19-31(32)37-29(20-13-24-34(37)39)30-21-14-26-36-38(30)40(27-15-5-3-6-16-27,28-17-7-4-8-18-28)33-23-11-12-25-35(33)41-36/h3-8,10-18,20-26H,9,19H2,1-2H3. The molecule has 41 heavy (non-hydrogen) atoms. The lowest BCUT2D eigenvalue weighted by Gasteiger charge is -2.43. The van der Waals surface area contributed by atoms with E-state index in [-0.39, 0.29) is 5.41 Å². The predicted molar refractivity (Wildman–Crippen MR) is 169 cm³/mol. The van der Waals surface area contributed by atoms with Gasteiger partial charge in [-0.2, -0.15) is 0 Å². The van der Waals surface area contributed by atoms with Crippen molar-refractivity contribution in [2.75, 3.05) is 0 Å². The van der Waals surface area contributed by atoms with Gasteiger partial charge in [0.1, 0.15) is 11.5 Å². The number of hydrogen-bond donors (Lipinski definition) is 0. The van der Waals surface area contributed by atoms with E-state index in [2.05, 4.69) is 147 Å². The molecule has 0 amide bonds. The van der Waals surface area contributed by atoms with E-state index in [1.807, 2.05) is 0 Å². The van der Waals surface area contributed by atoms with Gasteiger partial charge in [0.15, 0.2) is 0 Å². The quantitative estimate of drug-likeness (QED) is 0.222. The van der Waals surface area contributed by atoms with Gasteiger partial charge < -0.3 is 4.74 Å². The van der Waals surface area contributed by atoms with Crippen molar-refractivity contribution in [1.82, 2.24) is 0 Å². The Labute approximate surface area is 242 Å². The van der Waals surface area contributed by atoms with Gasteiger partial charge in [0.25, 0.3) is 0 Å². The fourth-order valence-electron chi connectivity index (χ4n) is 7.77. The molecule has 0 unspecified atom stereocenters. The van der Waals surface area contributed by atoms with E-state index in [9.17, 15) is 0 Å². The van der Waals surface area contributed by atoms with Crippen molar-refractivity contribution < 1.29 is 4.74 Å². The molecule has 5 aromatic carbocycles. The summed E-state index contributed by atoms with van der Waals surface area (Å²) in [6.45, 7) is 4.76. The van der Waals surface area contributed by atoms with Crippen molar-refractivity contribution in [1.29, 1.82) is 0 Å². The van der Waals surface area contributed by atoms with Crippen LogP contribution in [-0.2, 0) is 10.8 Å². The molecule has 0 bridgehead atoms. The van der Waals surface area contributed by atoms with Gasteiger partial charge in [0.2, 0.25) is 0 Å². The lowest BCUT2D eigenvalue weighted by Crippen LogP contribution is -2.34. The average Bonchev–Trinajstić information content (AvgIpc) is 3.27. The molecule has 0 aromatic heterocycles. The summed E-state index contributed by atoms with van der Waals surface area (Å²) in [4.78, 5) is 0. The Morgan fingerprint density at radius 3 is 1.95 bits per heavy atom. The van der Waals surface area contributed by atoms with Crippen LogP contribution in [0, 0.1) is 0 Å². The summed E-state index contributed by atoms with van der Waals surface area (Å²) in [7, 11) is 0. The molecular formula is C40H32O. The first-order chi connectivity index (χ1) is 20.1. The van der Waals surface area contributed by atoms with Gasteiger partial charge in [-0.05, 0) is 69.5 Å². The Balaban J connectivity index is 1.52. The Kier molecular flexibility index (Phi) is 5.28. The molecule has 3 aliphatic rings. The fourth-order valence-corrected chi connectivity index (χ4v) is 7.77. The third-order valence-corrected chi connectivity index (χ3v) is 9.50. The normalized spacial score (nSPS) is 17.2. The summed E-state index contributed by atoms with van der Waals surface area (Å²) < 4.78 is 6.78. The summed E-state index contributed by atoms with van der Waals surface area (Å²) >= 11 is 0. The second-order valence-electron chi connectivity index (χ2n) is 11.9. The number of benzene rings is 5. The number of allylic oxidation sites excluding steroid dienone is 4. The highest BCUT2D eigenvalue weighted by atomic mass is 16.5. The monoisotopic (exact) mass is 528 g/mol. The molecular weight excluding hydrogens is 496 g/mol. The van der Waals surface area contributed by atoms with Crippen LogP contribution in [0.1, 0.15) is 60.1 Å². The summed E-state index contributed by atoms with van der Waals surface area (Å²) in [5, 5.41) is 0. The van der Waals surface area contributed by atoms with Crippen LogP contribution in [0.4, 0.5) is 0 Å². The fraction of sp³-hybridized carbons (Fsp3) is 0.150. The van der Waals surface area contributed by atoms with E-state index < -0.39 is 5.41 Å². The number of fused-ring (bicyclic) bond motifs is 4. The van der Waals surface area contributed by atoms with Crippen LogP contribution in [0.2, 0.25) is 0 Å². The van der Waals surface area contributed by atoms with E-state index in [0.717, 1.165) is 24.3 Å². The summed E-state index contributed by atoms with van der Waals surface area (Å²) in [6, 6.07) is 44.1. The van der Waals surface area contributed by atoms with Crippen LogP contribution < -0.4 is 4.74 Å². The minimum absolute atomic E-state index is 0.0223. The molecule has 1 nitrogen and oxygen atoms in total. The van der Waals surface area contributed by atoms with Crippen LogP contribution in [-0.4, -0.2) is 0 Å². The van der Waals surface area contributed by atoms with Crippen LogP contribution in [0.15, 0.2) is 139 Å². The van der Waals surface area contributed by atoms with Crippen LogP contribution in [0.5, 0.6) is 11.5 Å². The van der Waals surface area contributed by atoms with Crippen LogP contribution in [0.3, 0.4) is 0 Å². The average molecular weight is 529 g/mol. The highest BCUT2D eigenvalue weighted by Crippen LogP contribution is 2.59. The number of ether oxygens (including phenoxy) is 1. The Morgan fingerprint density at radius 2 is 1.20 bits per heavy atom. The lowest BCUT2D eigenvalue weighted by atomic mass is 9.62. The largest absolute Gasteiger partial charge is 0.457 e. The van der Waals surface area contributed by atoms with Gasteiger partial charge in [-0.25, -0.2) is 0 Å². The molecule has 0 fully saturated rings. The SMILES string of the molecule is CC1(C)C2=C(CCC=C2)c2c(-c3cccc4c3C(c3ccccc3)(c3ccccc3)c3ccccc3O4)cccc21. The second kappa shape index (κ2) is 8.94. The molecule has 8 rings (SSSR count). The van der Waals surface area contributed by atoms with Crippen LogP contribution in [0.25, 0.3) is 16.7 Å². The second-order valence-corrected chi connectivity index (χ2v) is 11.9. The molecule has 0 atom stereocenters. The lowest BCUT2D eigenvalue weighted by molar-refractivity contribution is 0.435. The first-order valence-electron chi connectivity index (χ1n) is 14.7. The van der Waals surface area contributed by atoms with Crippen molar-refractivity contribution in [3.8, 4) is 22.6 Å². The third kappa shape index (κ3) is 3.29. The van der Waals surface area contributed by atoms with Crippen molar-refractivity contribution in [2.45, 2.75) is 37.5 Å². The molecule has 1 heteroatoms.